The van der Waals surface area contributed by atoms with Gasteiger partial charge >= 0.3 is 0 Å². The predicted octanol–water partition coefficient (Wildman–Crippen LogP) is 3.80. The van der Waals surface area contributed by atoms with Crippen LogP contribution in [0.1, 0.15) is 48.9 Å². The molecule has 152 valence electrons. The topological polar surface area (TPSA) is 62.3 Å². The number of halogens is 1. The molecule has 0 radical (unpaired) electrons. The number of rotatable bonds is 4. The van der Waals surface area contributed by atoms with Gasteiger partial charge < -0.3 is 10.2 Å². The monoisotopic (exact) mass is 395 g/mol. The van der Waals surface area contributed by atoms with Gasteiger partial charge in [0.2, 0.25) is 5.91 Å². The van der Waals surface area contributed by atoms with E-state index in [0.29, 0.717) is 23.2 Å². The van der Waals surface area contributed by atoms with Gasteiger partial charge in [-0.2, -0.15) is 0 Å². The first-order valence-corrected chi connectivity index (χ1v) is 10.4. The Bertz CT molecular complexity index is 878. The molecule has 1 N–H and O–H groups in total. The molecule has 1 aromatic heterocycles. The van der Waals surface area contributed by atoms with E-state index in [2.05, 4.69) is 10.3 Å². The summed E-state index contributed by atoms with van der Waals surface area (Å²) < 4.78 is 13.4. The molecule has 1 aromatic carbocycles. The zero-order chi connectivity index (χ0) is 20.2. The van der Waals surface area contributed by atoms with Crippen LogP contribution in [0.5, 0.6) is 0 Å². The van der Waals surface area contributed by atoms with Crippen molar-refractivity contribution in [1.82, 2.24) is 15.2 Å². The number of aromatic nitrogens is 1. The lowest BCUT2D eigenvalue weighted by atomic mass is 9.84. The smallest absolute Gasteiger partial charge is 0.253 e. The van der Waals surface area contributed by atoms with Gasteiger partial charge in [0.1, 0.15) is 5.82 Å². The Labute approximate surface area is 170 Å². The molecule has 1 saturated heterocycles. The van der Waals surface area contributed by atoms with Gasteiger partial charge in [-0.05, 0) is 56.4 Å². The molecule has 0 unspecified atom stereocenters. The molecule has 2 aromatic rings. The summed E-state index contributed by atoms with van der Waals surface area (Å²) in [6, 6.07) is 9.66. The van der Waals surface area contributed by atoms with Crippen molar-refractivity contribution in [3.63, 3.8) is 0 Å². The van der Waals surface area contributed by atoms with Crippen molar-refractivity contribution >= 4 is 11.8 Å². The Hall–Kier alpha value is -2.76. The molecule has 2 fully saturated rings. The van der Waals surface area contributed by atoms with Crippen molar-refractivity contribution in [2.24, 2.45) is 5.92 Å². The number of carbonyl (C=O) groups excluding carboxylic acids is 2. The molecule has 4 rings (SSSR count). The number of carbonyl (C=O) groups is 2. The molecule has 29 heavy (non-hydrogen) atoms. The highest BCUT2D eigenvalue weighted by molar-refractivity contribution is 5.94. The second kappa shape index (κ2) is 8.72. The summed E-state index contributed by atoms with van der Waals surface area (Å²) in [6.07, 6.45) is 7.16. The van der Waals surface area contributed by atoms with E-state index in [0.717, 1.165) is 45.2 Å². The summed E-state index contributed by atoms with van der Waals surface area (Å²) in [5.74, 6) is -0.229. The molecule has 2 amide bonds. The van der Waals surface area contributed by atoms with E-state index >= 15 is 0 Å². The number of nitrogens with one attached hydrogen (secondary N) is 1. The molecule has 1 aliphatic carbocycles. The highest BCUT2D eigenvalue weighted by atomic mass is 19.1. The number of benzene rings is 1. The minimum absolute atomic E-state index is 0.00991. The zero-order valence-corrected chi connectivity index (χ0v) is 16.4. The first-order valence-electron chi connectivity index (χ1n) is 10.4. The van der Waals surface area contributed by atoms with Crippen LogP contribution < -0.4 is 5.32 Å². The van der Waals surface area contributed by atoms with Crippen LogP contribution in [0.3, 0.4) is 0 Å². The van der Waals surface area contributed by atoms with E-state index in [-0.39, 0.29) is 29.6 Å². The average molecular weight is 395 g/mol. The Morgan fingerprint density at radius 3 is 2.62 bits per heavy atom. The molecule has 2 heterocycles. The van der Waals surface area contributed by atoms with Gasteiger partial charge in [-0.1, -0.05) is 18.6 Å². The van der Waals surface area contributed by atoms with Crippen molar-refractivity contribution in [1.29, 1.82) is 0 Å². The normalized spacial score (nSPS) is 21.8. The molecule has 2 atom stereocenters. The van der Waals surface area contributed by atoms with E-state index in [1.807, 2.05) is 4.90 Å². The van der Waals surface area contributed by atoms with Crippen molar-refractivity contribution in [2.45, 2.75) is 44.6 Å². The number of amides is 2. The fourth-order valence-electron chi connectivity index (χ4n) is 4.36. The first-order chi connectivity index (χ1) is 14.1. The maximum atomic E-state index is 13.4. The minimum Gasteiger partial charge on any atom is -0.349 e. The van der Waals surface area contributed by atoms with E-state index in [1.54, 1.807) is 24.3 Å². The summed E-state index contributed by atoms with van der Waals surface area (Å²) in [5, 5.41) is 3.07. The second-order valence-electron chi connectivity index (χ2n) is 8.01. The lowest BCUT2D eigenvalue weighted by Gasteiger charge is -2.31. The lowest BCUT2D eigenvalue weighted by Crippen LogP contribution is -2.43. The Kier molecular flexibility index (Phi) is 5.88. The van der Waals surface area contributed by atoms with Gasteiger partial charge in [0.05, 0.1) is 11.3 Å². The number of pyridine rings is 1. The average Bonchev–Trinajstić information content (AvgIpc) is 3.28. The van der Waals surface area contributed by atoms with Crippen molar-refractivity contribution in [3.8, 4) is 11.3 Å². The van der Waals surface area contributed by atoms with Crippen LogP contribution in [0.25, 0.3) is 11.3 Å². The van der Waals surface area contributed by atoms with Crippen LogP contribution in [0.4, 0.5) is 4.39 Å². The summed E-state index contributed by atoms with van der Waals surface area (Å²) in [6.45, 7) is 1.74. The maximum Gasteiger partial charge on any atom is 0.253 e. The lowest BCUT2D eigenvalue weighted by molar-refractivity contribution is -0.135. The van der Waals surface area contributed by atoms with Crippen LogP contribution in [-0.4, -0.2) is 40.8 Å². The molecule has 1 aliphatic heterocycles. The van der Waals surface area contributed by atoms with E-state index in [9.17, 15) is 14.0 Å². The third-order valence-corrected chi connectivity index (χ3v) is 5.92. The predicted molar refractivity (Wildman–Crippen MR) is 109 cm³/mol. The molecular weight excluding hydrogens is 369 g/mol. The van der Waals surface area contributed by atoms with E-state index < -0.39 is 0 Å². The fraction of sp³-hybridized carbons (Fsp3) is 0.435. The van der Waals surface area contributed by atoms with Crippen LogP contribution >= 0.6 is 0 Å². The van der Waals surface area contributed by atoms with Gasteiger partial charge in [0, 0.05) is 36.8 Å². The van der Waals surface area contributed by atoms with Gasteiger partial charge in [-0.15, -0.1) is 0 Å². The third-order valence-electron chi connectivity index (χ3n) is 5.92. The number of likely N-dealkylation sites (tertiary alicyclic amines) is 1. The quantitative estimate of drug-likeness (QED) is 0.857. The summed E-state index contributed by atoms with van der Waals surface area (Å²) in [4.78, 5) is 31.6. The third kappa shape index (κ3) is 4.63. The van der Waals surface area contributed by atoms with Crippen molar-refractivity contribution in [2.75, 3.05) is 13.1 Å². The maximum absolute atomic E-state index is 13.4. The standard InChI is InChI=1S/C23H26FN3O2/c24-19-7-3-5-16(13-19)21-10-9-18(15-25-21)22(28)26-20-8-4-6-17(14-20)23(29)27-11-1-2-12-27/h3,5,7,9-10,13,15,17,20H,1-2,4,6,8,11-12,14H2,(H,26,28)/t17-,20+/m0/s1. The van der Waals surface area contributed by atoms with Crippen LogP contribution in [0, 0.1) is 11.7 Å². The molecule has 1 saturated carbocycles. The van der Waals surface area contributed by atoms with Gasteiger partial charge in [-0.3, -0.25) is 14.6 Å². The van der Waals surface area contributed by atoms with Crippen molar-refractivity contribution < 1.29 is 14.0 Å². The Morgan fingerprint density at radius 2 is 1.90 bits per heavy atom. The molecule has 0 bridgehead atoms. The number of hydrogen-bond donors (Lipinski definition) is 1. The number of nitrogens with zero attached hydrogens (tertiary/aromatic N) is 2. The summed E-state index contributed by atoms with van der Waals surface area (Å²) in [7, 11) is 0. The van der Waals surface area contributed by atoms with E-state index in [4.69, 9.17) is 0 Å². The van der Waals surface area contributed by atoms with Gasteiger partial charge in [-0.25, -0.2) is 4.39 Å². The zero-order valence-electron chi connectivity index (χ0n) is 16.4. The Balaban J connectivity index is 1.36. The van der Waals surface area contributed by atoms with E-state index in [1.165, 1.54) is 18.3 Å². The minimum atomic E-state index is -0.318. The SMILES string of the molecule is O=C(N[C@@H]1CCC[C@H](C(=O)N2CCCC2)C1)c1ccc(-c2cccc(F)c2)nc1. The largest absolute Gasteiger partial charge is 0.349 e. The molecule has 6 heteroatoms. The highest BCUT2D eigenvalue weighted by Crippen LogP contribution is 2.27. The van der Waals surface area contributed by atoms with Crippen molar-refractivity contribution in [3.05, 3.63) is 54.0 Å². The molecule has 5 nitrogen and oxygen atoms in total. The van der Waals surface area contributed by atoms with Gasteiger partial charge in [0.25, 0.3) is 5.91 Å². The molecular formula is C23H26FN3O2. The highest BCUT2D eigenvalue weighted by Gasteiger charge is 2.32. The molecule has 0 spiro atoms. The van der Waals surface area contributed by atoms with Crippen LogP contribution in [0.2, 0.25) is 0 Å². The number of hydrogen-bond acceptors (Lipinski definition) is 3. The summed E-state index contributed by atoms with van der Waals surface area (Å²) >= 11 is 0. The molecule has 2 aliphatic rings. The van der Waals surface area contributed by atoms with Crippen LogP contribution in [0.15, 0.2) is 42.6 Å². The van der Waals surface area contributed by atoms with Crippen LogP contribution in [-0.2, 0) is 4.79 Å². The second-order valence-corrected chi connectivity index (χ2v) is 8.01. The van der Waals surface area contributed by atoms with Gasteiger partial charge in [0.15, 0.2) is 0 Å². The summed E-state index contributed by atoms with van der Waals surface area (Å²) in [5.41, 5.74) is 1.76. The first kappa shape index (κ1) is 19.6. The Morgan fingerprint density at radius 1 is 1.07 bits per heavy atom. The fourth-order valence-corrected chi connectivity index (χ4v) is 4.36.